The highest BCUT2D eigenvalue weighted by Crippen LogP contribution is 2.58. The van der Waals surface area contributed by atoms with E-state index in [2.05, 4.69) is 19.2 Å². The Morgan fingerprint density at radius 3 is 2.04 bits per heavy atom. The van der Waals surface area contributed by atoms with Crippen molar-refractivity contribution in [3.05, 3.63) is 53.6 Å². The molecule has 2 unspecified atom stereocenters. The molecule has 1 aliphatic carbocycles. The molecule has 2 atom stereocenters. The van der Waals surface area contributed by atoms with E-state index in [4.69, 9.17) is 14.6 Å². The van der Waals surface area contributed by atoms with Gasteiger partial charge in [-0.1, -0.05) is 32.0 Å². The topological polar surface area (TPSA) is 108 Å². The Labute approximate surface area is 164 Å². The minimum absolute atomic E-state index is 0.0479. The van der Waals surface area contributed by atoms with Gasteiger partial charge in [0, 0.05) is 12.0 Å². The number of rotatable bonds is 6. The first-order valence-corrected chi connectivity index (χ1v) is 10.3. The van der Waals surface area contributed by atoms with Crippen molar-refractivity contribution in [2.75, 3.05) is 14.2 Å². The molecule has 0 bridgehead atoms. The highest BCUT2D eigenvalue weighted by Gasteiger charge is 2.59. The zero-order chi connectivity index (χ0) is 20.7. The normalized spacial score (nSPS) is 20.3. The number of benzene rings is 2. The summed E-state index contributed by atoms with van der Waals surface area (Å²) in [5.41, 5.74) is 1.10. The molecule has 3 N–H and O–H groups in total. The summed E-state index contributed by atoms with van der Waals surface area (Å²) in [7, 11) is -0.730. The summed E-state index contributed by atoms with van der Waals surface area (Å²) in [6.45, 7) is 4.10. The number of primary sulfonamides is 1. The summed E-state index contributed by atoms with van der Waals surface area (Å²) >= 11 is 0. The van der Waals surface area contributed by atoms with Gasteiger partial charge in [-0.25, -0.2) is 13.6 Å². The lowest BCUT2D eigenvalue weighted by Gasteiger charge is -2.13. The molecule has 28 heavy (non-hydrogen) atoms. The third kappa shape index (κ3) is 3.57. The van der Waals surface area contributed by atoms with Gasteiger partial charge < -0.3 is 14.8 Å². The predicted molar refractivity (Wildman–Crippen MR) is 105 cm³/mol. The molecule has 0 aliphatic heterocycles. The van der Waals surface area contributed by atoms with Gasteiger partial charge in [-0.3, -0.25) is 4.79 Å². The fourth-order valence-corrected chi connectivity index (χ4v) is 4.20. The first kappa shape index (κ1) is 20.2. The molecular formula is C20H24N2O5S. The lowest BCUT2D eigenvalue weighted by atomic mass is 10.0. The monoisotopic (exact) mass is 404 g/mol. The second-order valence-corrected chi connectivity index (χ2v) is 8.96. The molecule has 0 radical (unpaired) electrons. The van der Waals surface area contributed by atoms with E-state index >= 15 is 0 Å². The Balaban J connectivity index is 1.83. The van der Waals surface area contributed by atoms with Crippen LogP contribution in [0, 0.1) is 5.41 Å². The lowest BCUT2D eigenvalue weighted by Crippen LogP contribution is -2.29. The predicted octanol–water partition coefficient (Wildman–Crippen LogP) is 2.27. The fourth-order valence-electron chi connectivity index (χ4n) is 3.68. The van der Waals surface area contributed by atoms with Crippen molar-refractivity contribution in [1.82, 2.24) is 5.32 Å². The number of carbonyl (C=O) groups excluding carboxylic acids is 1. The van der Waals surface area contributed by atoms with E-state index in [1.165, 1.54) is 26.4 Å². The lowest BCUT2D eigenvalue weighted by molar-refractivity contribution is 0.0939. The van der Waals surface area contributed by atoms with Crippen LogP contribution in [0.5, 0.6) is 11.5 Å². The summed E-state index contributed by atoms with van der Waals surface area (Å²) in [6.07, 6.45) is 0. The van der Waals surface area contributed by atoms with Crippen LogP contribution in [0.4, 0.5) is 0 Å². The van der Waals surface area contributed by atoms with Crippen molar-refractivity contribution in [3.63, 3.8) is 0 Å². The van der Waals surface area contributed by atoms with Crippen LogP contribution in [0.25, 0.3) is 0 Å². The molecule has 7 nitrogen and oxygen atoms in total. The van der Waals surface area contributed by atoms with Gasteiger partial charge in [0.1, 0.15) is 17.1 Å². The smallest absolute Gasteiger partial charge is 0.259 e. The molecule has 3 rings (SSSR count). The average molecular weight is 404 g/mol. The summed E-state index contributed by atoms with van der Waals surface area (Å²) in [5.74, 6) is 0.636. The minimum atomic E-state index is -3.74. The highest BCUT2D eigenvalue weighted by atomic mass is 32.2. The van der Waals surface area contributed by atoms with Crippen molar-refractivity contribution in [2.45, 2.75) is 30.7 Å². The van der Waals surface area contributed by atoms with Crippen molar-refractivity contribution in [1.29, 1.82) is 0 Å². The number of hydrogen-bond acceptors (Lipinski definition) is 5. The maximum absolute atomic E-state index is 12.9. The van der Waals surface area contributed by atoms with E-state index in [1.54, 1.807) is 30.3 Å². The van der Waals surface area contributed by atoms with E-state index in [0.29, 0.717) is 17.1 Å². The zero-order valence-corrected chi connectivity index (χ0v) is 17.0. The Bertz CT molecular complexity index is 978. The van der Waals surface area contributed by atoms with Crippen LogP contribution in [0.2, 0.25) is 0 Å². The number of nitrogens with two attached hydrogens (primary N) is 1. The SMILES string of the molecule is COc1cccc(OC)c1C(=O)NC1C(c2ccc(S(N)(=O)=O)cc2)C1(C)C. The highest BCUT2D eigenvalue weighted by molar-refractivity contribution is 7.89. The summed E-state index contributed by atoms with van der Waals surface area (Å²) in [4.78, 5) is 13.0. The third-order valence-corrected chi connectivity index (χ3v) is 6.27. The molecule has 0 spiro atoms. The number of carbonyl (C=O) groups is 1. The van der Waals surface area contributed by atoms with Crippen molar-refractivity contribution >= 4 is 15.9 Å². The van der Waals surface area contributed by atoms with E-state index in [-0.39, 0.29) is 28.2 Å². The molecule has 2 aromatic carbocycles. The van der Waals surface area contributed by atoms with Crippen molar-refractivity contribution in [3.8, 4) is 11.5 Å². The minimum Gasteiger partial charge on any atom is -0.496 e. The Kier molecular flexibility index (Phi) is 5.12. The standard InChI is InChI=1S/C20H24N2O5S/c1-20(2)17(12-8-10-13(11-9-12)28(21,24)25)18(20)22-19(23)16-14(26-3)6-5-7-15(16)27-4/h5-11,17-18H,1-4H3,(H,22,23)(H2,21,24,25). The number of sulfonamides is 1. The van der Waals surface area contributed by atoms with E-state index in [9.17, 15) is 13.2 Å². The van der Waals surface area contributed by atoms with Crippen LogP contribution < -0.4 is 19.9 Å². The van der Waals surface area contributed by atoms with Gasteiger partial charge in [0.15, 0.2) is 0 Å². The van der Waals surface area contributed by atoms with Gasteiger partial charge in [0.25, 0.3) is 5.91 Å². The van der Waals surface area contributed by atoms with Crippen molar-refractivity contribution < 1.29 is 22.7 Å². The Morgan fingerprint density at radius 2 is 1.57 bits per heavy atom. The van der Waals surface area contributed by atoms with Gasteiger partial charge in [0.2, 0.25) is 10.0 Å². The quantitative estimate of drug-likeness (QED) is 0.768. The molecule has 0 aromatic heterocycles. The molecule has 8 heteroatoms. The molecule has 1 amide bonds. The van der Waals surface area contributed by atoms with Gasteiger partial charge in [0.05, 0.1) is 19.1 Å². The third-order valence-electron chi connectivity index (χ3n) is 5.34. The number of nitrogens with one attached hydrogen (secondary N) is 1. The Hall–Kier alpha value is -2.58. The summed E-state index contributed by atoms with van der Waals surface area (Å²) in [6, 6.07) is 11.5. The molecule has 0 heterocycles. The van der Waals surface area contributed by atoms with Gasteiger partial charge in [-0.15, -0.1) is 0 Å². The van der Waals surface area contributed by atoms with Gasteiger partial charge in [-0.05, 0) is 35.2 Å². The Morgan fingerprint density at radius 1 is 1.04 bits per heavy atom. The van der Waals surface area contributed by atoms with Gasteiger partial charge in [-0.2, -0.15) is 0 Å². The van der Waals surface area contributed by atoms with E-state index in [1.807, 2.05) is 0 Å². The number of amides is 1. The maximum Gasteiger partial charge on any atom is 0.259 e. The van der Waals surface area contributed by atoms with E-state index < -0.39 is 10.0 Å². The molecule has 1 saturated carbocycles. The second-order valence-electron chi connectivity index (χ2n) is 7.40. The maximum atomic E-state index is 12.9. The molecule has 1 fully saturated rings. The molecule has 2 aromatic rings. The van der Waals surface area contributed by atoms with Crippen molar-refractivity contribution in [2.24, 2.45) is 10.6 Å². The molecule has 1 aliphatic rings. The van der Waals surface area contributed by atoms with Crippen LogP contribution >= 0.6 is 0 Å². The molecule has 0 saturated heterocycles. The fraction of sp³-hybridized carbons (Fsp3) is 0.350. The largest absolute Gasteiger partial charge is 0.496 e. The van der Waals surface area contributed by atoms with Crippen LogP contribution in [0.15, 0.2) is 47.4 Å². The zero-order valence-electron chi connectivity index (χ0n) is 16.2. The van der Waals surface area contributed by atoms with Crippen LogP contribution in [0.3, 0.4) is 0 Å². The van der Waals surface area contributed by atoms with E-state index in [0.717, 1.165) is 5.56 Å². The van der Waals surface area contributed by atoms with Gasteiger partial charge >= 0.3 is 0 Å². The number of ether oxygens (including phenoxy) is 2. The number of methoxy groups -OCH3 is 2. The second kappa shape index (κ2) is 7.10. The first-order valence-electron chi connectivity index (χ1n) is 8.76. The van der Waals surface area contributed by atoms with Crippen LogP contribution in [0.1, 0.15) is 35.7 Å². The number of hydrogen-bond donors (Lipinski definition) is 2. The first-order chi connectivity index (χ1) is 13.1. The molecular weight excluding hydrogens is 380 g/mol. The summed E-state index contributed by atoms with van der Waals surface area (Å²) in [5, 5.41) is 8.22. The average Bonchev–Trinajstić information content (AvgIpc) is 3.19. The van der Waals surface area contributed by atoms with Crippen LogP contribution in [-0.4, -0.2) is 34.6 Å². The van der Waals surface area contributed by atoms with Crippen LogP contribution in [-0.2, 0) is 10.0 Å². The molecule has 150 valence electrons. The summed E-state index contributed by atoms with van der Waals surface area (Å²) < 4.78 is 33.5.